The fourth-order valence-electron chi connectivity index (χ4n) is 2.31. The Morgan fingerprint density at radius 2 is 2.00 bits per heavy atom. The third-order valence-corrected chi connectivity index (χ3v) is 3.42. The summed E-state index contributed by atoms with van der Waals surface area (Å²) < 4.78 is 26.5. The SMILES string of the molecule is CN(CCc1cc(F)ccc1F)CN1CCNCC1. The van der Waals surface area contributed by atoms with Gasteiger partial charge in [0, 0.05) is 32.7 Å². The van der Waals surface area contributed by atoms with E-state index in [9.17, 15) is 8.78 Å². The predicted molar refractivity (Wildman–Crippen MR) is 72.0 cm³/mol. The van der Waals surface area contributed by atoms with Crippen LogP contribution in [-0.2, 0) is 6.42 Å². The second-order valence-corrected chi connectivity index (χ2v) is 5.07. The molecule has 5 heteroatoms. The molecule has 1 N–H and O–H groups in total. The van der Waals surface area contributed by atoms with Gasteiger partial charge in [0.2, 0.25) is 0 Å². The maximum absolute atomic E-state index is 13.5. The quantitative estimate of drug-likeness (QED) is 0.869. The second-order valence-electron chi connectivity index (χ2n) is 5.07. The normalized spacial score (nSPS) is 17.1. The largest absolute Gasteiger partial charge is 0.314 e. The molecular weight excluding hydrogens is 248 g/mol. The number of likely N-dealkylation sites (N-methyl/N-ethyl adjacent to an activating group) is 1. The second kappa shape index (κ2) is 6.93. The Bertz CT molecular complexity index is 406. The Kier molecular flexibility index (Phi) is 5.24. The maximum Gasteiger partial charge on any atom is 0.126 e. The van der Waals surface area contributed by atoms with Gasteiger partial charge in [0.15, 0.2) is 0 Å². The summed E-state index contributed by atoms with van der Waals surface area (Å²) in [6.45, 7) is 5.72. The molecule has 1 saturated heterocycles. The number of hydrogen-bond acceptors (Lipinski definition) is 3. The van der Waals surface area contributed by atoms with E-state index in [4.69, 9.17) is 0 Å². The zero-order valence-electron chi connectivity index (χ0n) is 11.3. The lowest BCUT2D eigenvalue weighted by Crippen LogP contribution is -2.47. The highest BCUT2D eigenvalue weighted by atomic mass is 19.1. The molecule has 2 rings (SSSR count). The highest BCUT2D eigenvalue weighted by Crippen LogP contribution is 2.10. The number of piperazine rings is 1. The summed E-state index contributed by atoms with van der Waals surface area (Å²) in [6.07, 6.45) is 0.534. The number of nitrogens with one attached hydrogen (secondary N) is 1. The fourth-order valence-corrected chi connectivity index (χ4v) is 2.31. The van der Waals surface area contributed by atoms with Crippen molar-refractivity contribution in [2.75, 3.05) is 46.4 Å². The zero-order chi connectivity index (χ0) is 13.7. The van der Waals surface area contributed by atoms with Crippen LogP contribution in [0.1, 0.15) is 5.56 Å². The van der Waals surface area contributed by atoms with Crippen molar-refractivity contribution in [1.82, 2.24) is 15.1 Å². The molecule has 1 aromatic rings. The number of hydrogen-bond donors (Lipinski definition) is 1. The molecule has 19 heavy (non-hydrogen) atoms. The van der Waals surface area contributed by atoms with Gasteiger partial charge in [0.25, 0.3) is 0 Å². The molecule has 1 heterocycles. The summed E-state index contributed by atoms with van der Waals surface area (Å²) in [5.41, 5.74) is 0.451. The van der Waals surface area contributed by atoms with E-state index in [-0.39, 0.29) is 11.6 Å². The van der Waals surface area contributed by atoms with Gasteiger partial charge in [-0.2, -0.15) is 0 Å². The Balaban J connectivity index is 1.79. The van der Waals surface area contributed by atoms with E-state index in [1.165, 1.54) is 12.1 Å². The average molecular weight is 269 g/mol. The molecule has 106 valence electrons. The van der Waals surface area contributed by atoms with Crippen molar-refractivity contribution in [2.24, 2.45) is 0 Å². The van der Waals surface area contributed by atoms with Crippen LogP contribution in [-0.4, -0.2) is 56.2 Å². The smallest absolute Gasteiger partial charge is 0.126 e. The minimum absolute atomic E-state index is 0.322. The molecule has 0 amide bonds. The number of nitrogens with zero attached hydrogens (tertiary/aromatic N) is 2. The molecule has 1 aliphatic rings. The molecule has 1 aromatic carbocycles. The molecule has 1 fully saturated rings. The van der Waals surface area contributed by atoms with Gasteiger partial charge >= 0.3 is 0 Å². The van der Waals surface area contributed by atoms with Gasteiger partial charge in [-0.15, -0.1) is 0 Å². The van der Waals surface area contributed by atoms with Crippen LogP contribution >= 0.6 is 0 Å². The van der Waals surface area contributed by atoms with Crippen LogP contribution < -0.4 is 5.32 Å². The Morgan fingerprint density at radius 1 is 1.26 bits per heavy atom. The summed E-state index contributed by atoms with van der Waals surface area (Å²) in [5, 5.41) is 3.31. The van der Waals surface area contributed by atoms with Crippen molar-refractivity contribution in [3.63, 3.8) is 0 Å². The van der Waals surface area contributed by atoms with E-state index in [0.29, 0.717) is 12.0 Å². The summed E-state index contributed by atoms with van der Waals surface area (Å²) >= 11 is 0. The first-order chi connectivity index (χ1) is 9.15. The van der Waals surface area contributed by atoms with Crippen LogP contribution in [0.2, 0.25) is 0 Å². The molecule has 0 aliphatic carbocycles. The first kappa shape index (κ1) is 14.4. The van der Waals surface area contributed by atoms with Gasteiger partial charge in [-0.1, -0.05) is 0 Å². The molecule has 0 aromatic heterocycles. The lowest BCUT2D eigenvalue weighted by atomic mass is 10.1. The molecule has 3 nitrogen and oxygen atoms in total. The third kappa shape index (κ3) is 4.53. The van der Waals surface area contributed by atoms with E-state index >= 15 is 0 Å². The lowest BCUT2D eigenvalue weighted by Gasteiger charge is -2.31. The van der Waals surface area contributed by atoms with Crippen molar-refractivity contribution in [2.45, 2.75) is 6.42 Å². The van der Waals surface area contributed by atoms with E-state index in [1.54, 1.807) is 0 Å². The van der Waals surface area contributed by atoms with Gasteiger partial charge in [0.05, 0.1) is 6.67 Å². The minimum atomic E-state index is -0.374. The molecule has 0 spiro atoms. The number of halogens is 2. The minimum Gasteiger partial charge on any atom is -0.314 e. The van der Waals surface area contributed by atoms with E-state index in [1.807, 2.05) is 7.05 Å². The summed E-state index contributed by atoms with van der Waals surface area (Å²) in [7, 11) is 2.01. The van der Waals surface area contributed by atoms with Crippen molar-refractivity contribution >= 4 is 0 Å². The third-order valence-electron chi connectivity index (χ3n) is 3.42. The zero-order valence-corrected chi connectivity index (χ0v) is 11.3. The summed E-state index contributed by atoms with van der Waals surface area (Å²) in [5.74, 6) is -0.696. The summed E-state index contributed by atoms with van der Waals surface area (Å²) in [4.78, 5) is 4.51. The fraction of sp³-hybridized carbons (Fsp3) is 0.571. The highest BCUT2D eigenvalue weighted by molar-refractivity contribution is 5.18. The molecular formula is C14H21F2N3. The summed E-state index contributed by atoms with van der Waals surface area (Å²) in [6, 6.07) is 3.64. The van der Waals surface area contributed by atoms with Crippen LogP contribution in [0.3, 0.4) is 0 Å². The van der Waals surface area contributed by atoms with Crippen molar-refractivity contribution in [3.05, 3.63) is 35.4 Å². The molecule has 0 radical (unpaired) electrons. The highest BCUT2D eigenvalue weighted by Gasteiger charge is 2.12. The van der Waals surface area contributed by atoms with Crippen LogP contribution in [0, 0.1) is 11.6 Å². The Hall–Kier alpha value is -1.04. The van der Waals surface area contributed by atoms with Crippen LogP contribution in [0.5, 0.6) is 0 Å². The van der Waals surface area contributed by atoms with E-state index in [0.717, 1.165) is 45.5 Å². The first-order valence-electron chi connectivity index (χ1n) is 6.71. The van der Waals surface area contributed by atoms with Gasteiger partial charge < -0.3 is 5.32 Å². The van der Waals surface area contributed by atoms with Gasteiger partial charge in [-0.05, 0) is 37.2 Å². The van der Waals surface area contributed by atoms with Crippen molar-refractivity contribution < 1.29 is 8.78 Å². The maximum atomic E-state index is 13.5. The standard InChI is InChI=1S/C14H21F2N3/c1-18(11-19-8-5-17-6-9-19)7-4-12-10-13(15)2-3-14(12)16/h2-3,10,17H,4-9,11H2,1H3. The number of rotatable bonds is 5. The number of benzene rings is 1. The Labute approximate surface area is 113 Å². The van der Waals surface area contributed by atoms with Crippen LogP contribution in [0.15, 0.2) is 18.2 Å². The monoisotopic (exact) mass is 269 g/mol. The average Bonchev–Trinajstić information content (AvgIpc) is 2.41. The van der Waals surface area contributed by atoms with Crippen molar-refractivity contribution in [3.8, 4) is 0 Å². The topological polar surface area (TPSA) is 18.5 Å². The van der Waals surface area contributed by atoms with Gasteiger partial charge in [0.1, 0.15) is 11.6 Å². The molecule has 0 atom stereocenters. The molecule has 0 saturated carbocycles. The van der Waals surface area contributed by atoms with Crippen LogP contribution in [0.25, 0.3) is 0 Å². The Morgan fingerprint density at radius 3 is 2.74 bits per heavy atom. The van der Waals surface area contributed by atoms with Crippen molar-refractivity contribution in [1.29, 1.82) is 0 Å². The first-order valence-corrected chi connectivity index (χ1v) is 6.71. The molecule has 0 bridgehead atoms. The molecule has 1 aliphatic heterocycles. The van der Waals surface area contributed by atoms with E-state index < -0.39 is 0 Å². The van der Waals surface area contributed by atoms with Gasteiger partial charge in [-0.3, -0.25) is 9.80 Å². The van der Waals surface area contributed by atoms with Crippen LogP contribution in [0.4, 0.5) is 8.78 Å². The molecule has 0 unspecified atom stereocenters. The van der Waals surface area contributed by atoms with Gasteiger partial charge in [-0.25, -0.2) is 8.78 Å². The predicted octanol–water partition coefficient (Wildman–Crippen LogP) is 1.30. The lowest BCUT2D eigenvalue weighted by molar-refractivity contribution is 0.140. The van der Waals surface area contributed by atoms with E-state index in [2.05, 4.69) is 15.1 Å².